The summed E-state index contributed by atoms with van der Waals surface area (Å²) >= 11 is 0. The Labute approximate surface area is 215 Å². The summed E-state index contributed by atoms with van der Waals surface area (Å²) in [5, 5.41) is 3.73. The van der Waals surface area contributed by atoms with E-state index in [0.717, 1.165) is 38.4 Å². The molecule has 5 rings (SSSR count). The SMILES string of the molecule is COC(=O)[C@H]1CCC(=O)N1Cc1cc(OC)c2c(OC)cc3cc(OCc4ccccc4)ccc3c2c1. The van der Waals surface area contributed by atoms with Gasteiger partial charge in [0.1, 0.15) is 29.9 Å². The first-order chi connectivity index (χ1) is 18.0. The Morgan fingerprint density at radius 1 is 0.892 bits per heavy atom. The summed E-state index contributed by atoms with van der Waals surface area (Å²) in [7, 11) is 4.59. The van der Waals surface area contributed by atoms with Gasteiger partial charge in [-0.3, -0.25) is 4.79 Å². The molecule has 1 heterocycles. The number of carbonyl (C=O) groups is 2. The van der Waals surface area contributed by atoms with Crippen molar-refractivity contribution in [2.24, 2.45) is 0 Å². The number of nitrogens with zero attached hydrogens (tertiary/aromatic N) is 1. The summed E-state index contributed by atoms with van der Waals surface area (Å²) < 4.78 is 22.5. The summed E-state index contributed by atoms with van der Waals surface area (Å²) in [6.07, 6.45) is 0.783. The summed E-state index contributed by atoms with van der Waals surface area (Å²) in [5.74, 6) is 1.61. The molecule has 7 heteroatoms. The topological polar surface area (TPSA) is 74.3 Å². The van der Waals surface area contributed by atoms with E-state index in [9.17, 15) is 9.59 Å². The van der Waals surface area contributed by atoms with E-state index in [1.807, 2.05) is 66.7 Å². The molecule has 0 spiro atoms. The van der Waals surface area contributed by atoms with Gasteiger partial charge < -0.3 is 23.8 Å². The van der Waals surface area contributed by atoms with Crippen molar-refractivity contribution < 1.29 is 28.5 Å². The van der Waals surface area contributed by atoms with Crippen LogP contribution >= 0.6 is 0 Å². The van der Waals surface area contributed by atoms with E-state index in [2.05, 4.69) is 0 Å². The number of rotatable bonds is 8. The number of benzene rings is 4. The minimum absolute atomic E-state index is 0.0647. The molecule has 1 aliphatic heterocycles. The van der Waals surface area contributed by atoms with E-state index < -0.39 is 12.0 Å². The fourth-order valence-electron chi connectivity index (χ4n) is 5.01. The molecule has 1 amide bonds. The maximum atomic E-state index is 12.6. The molecule has 0 bridgehead atoms. The monoisotopic (exact) mass is 499 g/mol. The number of carbonyl (C=O) groups excluding carboxylic acids is 2. The minimum atomic E-state index is -0.578. The van der Waals surface area contributed by atoms with Gasteiger partial charge in [0.15, 0.2) is 0 Å². The van der Waals surface area contributed by atoms with Gasteiger partial charge in [-0.1, -0.05) is 36.4 Å². The predicted molar refractivity (Wildman–Crippen MR) is 141 cm³/mol. The van der Waals surface area contributed by atoms with E-state index in [1.165, 1.54) is 7.11 Å². The highest BCUT2D eigenvalue weighted by molar-refractivity contribution is 6.13. The molecule has 1 atom stereocenters. The van der Waals surface area contributed by atoms with Crippen LogP contribution in [0.15, 0.2) is 66.7 Å². The molecule has 190 valence electrons. The maximum absolute atomic E-state index is 12.6. The molecule has 0 aliphatic carbocycles. The van der Waals surface area contributed by atoms with Crippen LogP contribution in [0.3, 0.4) is 0 Å². The van der Waals surface area contributed by atoms with Gasteiger partial charge in [0.05, 0.1) is 26.7 Å². The van der Waals surface area contributed by atoms with Crippen molar-refractivity contribution >= 4 is 33.4 Å². The van der Waals surface area contributed by atoms with Crippen LogP contribution in [0.2, 0.25) is 0 Å². The number of hydrogen-bond donors (Lipinski definition) is 0. The predicted octanol–water partition coefficient (Wildman–Crippen LogP) is 5.25. The Kier molecular flexibility index (Phi) is 6.86. The number of fused-ring (bicyclic) bond motifs is 3. The van der Waals surface area contributed by atoms with Crippen molar-refractivity contribution in [3.8, 4) is 17.2 Å². The Morgan fingerprint density at radius 2 is 1.65 bits per heavy atom. The minimum Gasteiger partial charge on any atom is -0.496 e. The molecule has 0 unspecified atom stereocenters. The van der Waals surface area contributed by atoms with E-state index in [0.29, 0.717) is 30.9 Å². The van der Waals surface area contributed by atoms with Gasteiger partial charge in [-0.25, -0.2) is 4.79 Å². The van der Waals surface area contributed by atoms with Crippen LogP contribution in [0, 0.1) is 0 Å². The highest BCUT2D eigenvalue weighted by atomic mass is 16.5. The summed E-state index contributed by atoms with van der Waals surface area (Å²) in [5.41, 5.74) is 1.95. The second-order valence-corrected chi connectivity index (χ2v) is 9.06. The molecule has 7 nitrogen and oxygen atoms in total. The molecule has 1 aliphatic rings. The Bertz CT molecular complexity index is 1470. The molecule has 1 fully saturated rings. The van der Waals surface area contributed by atoms with Gasteiger partial charge in [0.2, 0.25) is 5.91 Å². The van der Waals surface area contributed by atoms with E-state index >= 15 is 0 Å². The van der Waals surface area contributed by atoms with Gasteiger partial charge in [-0.2, -0.15) is 0 Å². The molecule has 0 aromatic heterocycles. The molecule has 4 aromatic rings. The lowest BCUT2D eigenvalue weighted by atomic mass is 9.97. The number of esters is 1. The first kappa shape index (κ1) is 24.4. The van der Waals surface area contributed by atoms with Gasteiger partial charge in [0, 0.05) is 13.0 Å². The lowest BCUT2D eigenvalue weighted by molar-refractivity contribution is -0.149. The number of ether oxygens (including phenoxy) is 4. The van der Waals surface area contributed by atoms with Crippen LogP contribution < -0.4 is 14.2 Å². The highest BCUT2D eigenvalue weighted by Crippen LogP contribution is 2.41. The molecule has 37 heavy (non-hydrogen) atoms. The number of amides is 1. The number of methoxy groups -OCH3 is 3. The summed E-state index contributed by atoms with van der Waals surface area (Å²) in [6.45, 7) is 0.752. The fourth-order valence-corrected chi connectivity index (χ4v) is 5.01. The zero-order valence-electron chi connectivity index (χ0n) is 21.2. The second kappa shape index (κ2) is 10.4. The Balaban J connectivity index is 1.55. The molecular formula is C30H29NO6. The first-order valence-electron chi connectivity index (χ1n) is 12.2. The van der Waals surface area contributed by atoms with Crippen molar-refractivity contribution in [3.63, 3.8) is 0 Å². The zero-order valence-corrected chi connectivity index (χ0v) is 21.2. The zero-order chi connectivity index (χ0) is 25.9. The highest BCUT2D eigenvalue weighted by Gasteiger charge is 2.36. The normalized spacial score (nSPS) is 15.3. The van der Waals surface area contributed by atoms with Gasteiger partial charge in [0.25, 0.3) is 0 Å². The summed E-state index contributed by atoms with van der Waals surface area (Å²) in [6, 6.07) is 21.3. The molecular weight excluding hydrogens is 470 g/mol. The first-order valence-corrected chi connectivity index (χ1v) is 12.2. The number of hydrogen-bond acceptors (Lipinski definition) is 6. The van der Waals surface area contributed by atoms with Gasteiger partial charge >= 0.3 is 5.97 Å². The van der Waals surface area contributed by atoms with Crippen LogP contribution in [-0.2, 0) is 27.5 Å². The van der Waals surface area contributed by atoms with Gasteiger partial charge in [-0.15, -0.1) is 0 Å². The van der Waals surface area contributed by atoms with E-state index in [1.54, 1.807) is 19.1 Å². The third kappa shape index (κ3) is 4.77. The van der Waals surface area contributed by atoms with E-state index in [-0.39, 0.29) is 12.5 Å². The van der Waals surface area contributed by atoms with Crippen molar-refractivity contribution in [2.75, 3.05) is 21.3 Å². The van der Waals surface area contributed by atoms with Crippen molar-refractivity contribution in [1.82, 2.24) is 4.90 Å². The molecule has 0 saturated carbocycles. The third-order valence-corrected chi connectivity index (χ3v) is 6.85. The lowest BCUT2D eigenvalue weighted by Crippen LogP contribution is -2.38. The standard InChI is InChI=1S/C30H29NO6/c1-34-26-14-20(17-31-25(30(33)36-3)11-12-28(31)32)13-24-23-10-9-22(37-18-19-7-5-4-6-8-19)15-21(23)16-27(35-2)29(24)26/h4-10,13-16,25H,11-12,17-18H2,1-3H3/t25-/m1/s1. The average Bonchev–Trinajstić information content (AvgIpc) is 3.30. The quantitative estimate of drug-likeness (QED) is 0.243. The molecule has 1 saturated heterocycles. The van der Waals surface area contributed by atoms with Crippen molar-refractivity contribution in [3.05, 3.63) is 77.9 Å². The largest absolute Gasteiger partial charge is 0.496 e. The van der Waals surface area contributed by atoms with Crippen LogP contribution in [0.4, 0.5) is 0 Å². The van der Waals surface area contributed by atoms with Crippen molar-refractivity contribution in [1.29, 1.82) is 0 Å². The second-order valence-electron chi connectivity index (χ2n) is 9.06. The molecule has 0 N–H and O–H groups in total. The smallest absolute Gasteiger partial charge is 0.328 e. The van der Waals surface area contributed by atoms with E-state index in [4.69, 9.17) is 18.9 Å². The van der Waals surface area contributed by atoms with Crippen LogP contribution in [-0.4, -0.2) is 44.1 Å². The molecule has 4 aromatic carbocycles. The average molecular weight is 500 g/mol. The lowest BCUT2D eigenvalue weighted by Gasteiger charge is -2.24. The number of likely N-dealkylation sites (tertiary alicyclic amines) is 1. The van der Waals surface area contributed by atoms with Crippen molar-refractivity contribution in [2.45, 2.75) is 32.0 Å². The Morgan fingerprint density at radius 3 is 2.38 bits per heavy atom. The van der Waals surface area contributed by atoms with Crippen LogP contribution in [0.1, 0.15) is 24.0 Å². The van der Waals surface area contributed by atoms with Crippen LogP contribution in [0.25, 0.3) is 21.5 Å². The Hall–Kier alpha value is -4.26. The van der Waals surface area contributed by atoms with Crippen LogP contribution in [0.5, 0.6) is 17.2 Å². The molecule has 0 radical (unpaired) electrons. The fraction of sp³-hybridized carbons (Fsp3) is 0.267. The summed E-state index contributed by atoms with van der Waals surface area (Å²) in [4.78, 5) is 26.4. The maximum Gasteiger partial charge on any atom is 0.328 e. The van der Waals surface area contributed by atoms with Gasteiger partial charge in [-0.05, 0) is 64.0 Å². The third-order valence-electron chi connectivity index (χ3n) is 6.85.